The maximum Gasteiger partial charge on any atom is 0.150 e. The Bertz CT molecular complexity index is 376. The molecule has 1 atom stereocenters. The Morgan fingerprint density at radius 1 is 1.20 bits per heavy atom. The Morgan fingerprint density at radius 3 is 2.40 bits per heavy atom. The molecule has 15 heavy (non-hydrogen) atoms. The second kappa shape index (κ2) is 3.09. The number of ether oxygens (including phenoxy) is 1. The van der Waals surface area contributed by atoms with Gasteiger partial charge in [0.2, 0.25) is 0 Å². The summed E-state index contributed by atoms with van der Waals surface area (Å²) < 4.78 is 5.91. The van der Waals surface area contributed by atoms with Crippen LogP contribution >= 0.6 is 0 Å². The average molecular weight is 202 g/mol. The van der Waals surface area contributed by atoms with E-state index in [-0.39, 0.29) is 0 Å². The molecule has 2 saturated carbocycles. The lowest BCUT2D eigenvalue weighted by Gasteiger charge is -2.37. The topological polar surface area (TPSA) is 26.3 Å². The summed E-state index contributed by atoms with van der Waals surface area (Å²) in [4.78, 5) is 10.5. The lowest BCUT2D eigenvalue weighted by atomic mass is 9.78. The van der Waals surface area contributed by atoms with Crippen LogP contribution in [-0.2, 0) is 0 Å². The molecule has 1 aromatic carbocycles. The third-order valence-corrected chi connectivity index (χ3v) is 3.77. The largest absolute Gasteiger partial charge is 0.490 e. The summed E-state index contributed by atoms with van der Waals surface area (Å²) >= 11 is 0. The van der Waals surface area contributed by atoms with Gasteiger partial charge in [0.25, 0.3) is 0 Å². The van der Waals surface area contributed by atoms with Crippen LogP contribution in [0, 0.1) is 5.41 Å². The van der Waals surface area contributed by atoms with Gasteiger partial charge in [-0.05, 0) is 49.9 Å². The standard InChI is InChI=1S/C13H14O2/c14-9-10-1-3-11(4-2-10)15-12-5-6-13(12)7-8-13/h1-4,9,12H,5-8H2. The van der Waals surface area contributed by atoms with E-state index in [9.17, 15) is 4.79 Å². The molecule has 0 N–H and O–H groups in total. The van der Waals surface area contributed by atoms with E-state index in [4.69, 9.17) is 4.74 Å². The van der Waals surface area contributed by atoms with Gasteiger partial charge in [0.05, 0.1) is 0 Å². The molecule has 0 bridgehead atoms. The monoisotopic (exact) mass is 202 g/mol. The van der Waals surface area contributed by atoms with E-state index >= 15 is 0 Å². The van der Waals surface area contributed by atoms with Gasteiger partial charge in [-0.1, -0.05) is 0 Å². The molecule has 1 spiro atoms. The minimum Gasteiger partial charge on any atom is -0.490 e. The summed E-state index contributed by atoms with van der Waals surface area (Å²) in [6.07, 6.45) is 6.49. The minimum atomic E-state index is 0.430. The van der Waals surface area contributed by atoms with Gasteiger partial charge in [0, 0.05) is 11.0 Å². The molecule has 0 aromatic heterocycles. The van der Waals surface area contributed by atoms with E-state index in [1.165, 1.54) is 25.7 Å². The van der Waals surface area contributed by atoms with Crippen LogP contribution in [0.25, 0.3) is 0 Å². The fraction of sp³-hybridized carbons (Fsp3) is 0.462. The molecule has 0 aliphatic heterocycles. The van der Waals surface area contributed by atoms with E-state index in [2.05, 4.69) is 0 Å². The van der Waals surface area contributed by atoms with Crippen LogP contribution < -0.4 is 4.74 Å². The van der Waals surface area contributed by atoms with E-state index in [1.54, 1.807) is 12.1 Å². The fourth-order valence-corrected chi connectivity index (χ4v) is 2.38. The second-order valence-electron chi connectivity index (χ2n) is 4.69. The molecule has 2 aliphatic carbocycles. The van der Waals surface area contributed by atoms with E-state index < -0.39 is 0 Å². The second-order valence-corrected chi connectivity index (χ2v) is 4.69. The molecular weight excluding hydrogens is 188 g/mol. The van der Waals surface area contributed by atoms with Crippen LogP contribution in [-0.4, -0.2) is 12.4 Å². The number of hydrogen-bond donors (Lipinski definition) is 0. The molecule has 1 aromatic rings. The van der Waals surface area contributed by atoms with Gasteiger partial charge in [0.1, 0.15) is 18.1 Å². The van der Waals surface area contributed by atoms with Crippen LogP contribution in [0.15, 0.2) is 24.3 Å². The highest BCUT2D eigenvalue weighted by Gasteiger charge is 2.57. The summed E-state index contributed by atoms with van der Waals surface area (Å²) in [7, 11) is 0. The van der Waals surface area contributed by atoms with Gasteiger partial charge >= 0.3 is 0 Å². The van der Waals surface area contributed by atoms with Gasteiger partial charge < -0.3 is 4.74 Å². The lowest BCUT2D eigenvalue weighted by Crippen LogP contribution is -2.38. The number of rotatable bonds is 3. The zero-order valence-electron chi connectivity index (χ0n) is 8.61. The Kier molecular flexibility index (Phi) is 1.84. The smallest absolute Gasteiger partial charge is 0.150 e. The van der Waals surface area contributed by atoms with Crippen molar-refractivity contribution in [3.8, 4) is 5.75 Å². The van der Waals surface area contributed by atoms with Crippen molar-refractivity contribution < 1.29 is 9.53 Å². The highest BCUT2D eigenvalue weighted by Crippen LogP contribution is 2.61. The van der Waals surface area contributed by atoms with Gasteiger partial charge in [0.15, 0.2) is 0 Å². The first-order valence-electron chi connectivity index (χ1n) is 5.54. The normalized spacial score (nSPS) is 25.7. The predicted molar refractivity (Wildman–Crippen MR) is 57.1 cm³/mol. The van der Waals surface area contributed by atoms with E-state index in [0.29, 0.717) is 17.1 Å². The zero-order chi connectivity index (χ0) is 10.3. The lowest BCUT2D eigenvalue weighted by molar-refractivity contribution is 0.0282. The fourth-order valence-electron chi connectivity index (χ4n) is 2.38. The van der Waals surface area contributed by atoms with Crippen molar-refractivity contribution in [2.24, 2.45) is 5.41 Å². The summed E-state index contributed by atoms with van der Waals surface area (Å²) in [5, 5.41) is 0. The highest BCUT2D eigenvalue weighted by atomic mass is 16.5. The highest BCUT2D eigenvalue weighted by molar-refractivity contribution is 5.74. The number of carbonyl (C=O) groups is 1. The van der Waals surface area contributed by atoms with Crippen molar-refractivity contribution in [3.05, 3.63) is 29.8 Å². The van der Waals surface area contributed by atoms with E-state index in [1.807, 2.05) is 12.1 Å². The third-order valence-electron chi connectivity index (χ3n) is 3.77. The molecule has 78 valence electrons. The maximum absolute atomic E-state index is 10.5. The molecule has 0 saturated heterocycles. The molecule has 3 rings (SSSR count). The Morgan fingerprint density at radius 2 is 1.93 bits per heavy atom. The first-order chi connectivity index (χ1) is 7.32. The maximum atomic E-state index is 10.5. The Labute approximate surface area is 89.2 Å². The average Bonchev–Trinajstić information content (AvgIpc) is 3.07. The Balaban J connectivity index is 1.69. The van der Waals surface area contributed by atoms with Crippen LogP contribution in [0.3, 0.4) is 0 Å². The van der Waals surface area contributed by atoms with Crippen molar-refractivity contribution in [2.75, 3.05) is 0 Å². The van der Waals surface area contributed by atoms with Crippen LogP contribution in [0.2, 0.25) is 0 Å². The summed E-state index contributed by atoms with van der Waals surface area (Å²) in [6.45, 7) is 0. The summed E-state index contributed by atoms with van der Waals surface area (Å²) in [6, 6.07) is 7.39. The van der Waals surface area contributed by atoms with Crippen LogP contribution in [0.1, 0.15) is 36.0 Å². The predicted octanol–water partition coefficient (Wildman–Crippen LogP) is 2.82. The van der Waals surface area contributed by atoms with Gasteiger partial charge in [-0.3, -0.25) is 4.79 Å². The minimum absolute atomic E-state index is 0.430. The summed E-state index contributed by atoms with van der Waals surface area (Å²) in [5.41, 5.74) is 1.25. The molecule has 2 fully saturated rings. The van der Waals surface area contributed by atoms with Crippen molar-refractivity contribution in [1.29, 1.82) is 0 Å². The van der Waals surface area contributed by atoms with Gasteiger partial charge in [-0.2, -0.15) is 0 Å². The van der Waals surface area contributed by atoms with Crippen molar-refractivity contribution in [3.63, 3.8) is 0 Å². The molecule has 0 amide bonds. The van der Waals surface area contributed by atoms with Crippen molar-refractivity contribution >= 4 is 6.29 Å². The van der Waals surface area contributed by atoms with Gasteiger partial charge in [-0.25, -0.2) is 0 Å². The van der Waals surface area contributed by atoms with Crippen LogP contribution in [0.5, 0.6) is 5.75 Å². The molecule has 2 nitrogen and oxygen atoms in total. The molecule has 0 radical (unpaired) electrons. The molecule has 2 heteroatoms. The quantitative estimate of drug-likeness (QED) is 0.704. The summed E-state index contributed by atoms with van der Waals surface area (Å²) in [5.74, 6) is 0.900. The Hall–Kier alpha value is -1.31. The van der Waals surface area contributed by atoms with Crippen molar-refractivity contribution in [1.82, 2.24) is 0 Å². The number of hydrogen-bond acceptors (Lipinski definition) is 2. The third kappa shape index (κ3) is 1.44. The van der Waals surface area contributed by atoms with Crippen LogP contribution in [0.4, 0.5) is 0 Å². The number of aldehydes is 1. The molecule has 2 aliphatic rings. The van der Waals surface area contributed by atoms with Gasteiger partial charge in [-0.15, -0.1) is 0 Å². The SMILES string of the molecule is O=Cc1ccc(OC2CCC23CC3)cc1. The first-order valence-corrected chi connectivity index (χ1v) is 5.54. The molecule has 1 unspecified atom stereocenters. The molecular formula is C13H14O2. The molecule has 0 heterocycles. The van der Waals surface area contributed by atoms with E-state index in [0.717, 1.165) is 12.0 Å². The first kappa shape index (κ1) is 8.96. The van der Waals surface area contributed by atoms with Crippen molar-refractivity contribution in [2.45, 2.75) is 31.8 Å². The zero-order valence-corrected chi connectivity index (χ0v) is 8.61. The number of carbonyl (C=O) groups excluding carboxylic acids is 1. The number of benzene rings is 1.